The van der Waals surface area contributed by atoms with Gasteiger partial charge in [0.25, 0.3) is 0 Å². The molecular weight excluding hydrogens is 304 g/mol. The van der Waals surface area contributed by atoms with Gasteiger partial charge in [-0.3, -0.25) is 4.90 Å². The van der Waals surface area contributed by atoms with Crippen LogP contribution in [0.25, 0.3) is 0 Å². The Balaban J connectivity index is 1.55. The van der Waals surface area contributed by atoms with Crippen molar-refractivity contribution in [1.82, 2.24) is 20.2 Å². The maximum atomic E-state index is 6.05. The summed E-state index contributed by atoms with van der Waals surface area (Å²) >= 11 is 0. The first-order valence-electron chi connectivity index (χ1n) is 8.45. The van der Waals surface area contributed by atoms with Crippen LogP contribution >= 0.6 is 0 Å². The Morgan fingerprint density at radius 1 is 1.21 bits per heavy atom. The van der Waals surface area contributed by atoms with Crippen molar-refractivity contribution in [2.24, 2.45) is 0 Å². The van der Waals surface area contributed by atoms with Crippen molar-refractivity contribution >= 4 is 0 Å². The number of nitrogens with zero attached hydrogens (tertiary/aromatic N) is 3. The smallest absolute Gasteiger partial charge is 0.320 e. The lowest BCUT2D eigenvalue weighted by atomic mass is 9.92. The van der Waals surface area contributed by atoms with Crippen LogP contribution < -0.4 is 14.8 Å². The number of ether oxygens (including phenoxy) is 2. The highest BCUT2D eigenvalue weighted by Gasteiger charge is 2.48. The van der Waals surface area contributed by atoms with Crippen LogP contribution in [0.2, 0.25) is 0 Å². The van der Waals surface area contributed by atoms with Crippen LogP contribution in [0.3, 0.4) is 0 Å². The molecule has 0 bridgehead atoms. The number of aromatic nitrogens is 2. The van der Waals surface area contributed by atoms with E-state index in [0.29, 0.717) is 18.5 Å². The lowest BCUT2D eigenvalue weighted by Crippen LogP contribution is -2.43. The number of nitrogens with one attached hydrogen (secondary N) is 1. The Labute approximate surface area is 142 Å². The minimum absolute atomic E-state index is 0.0289. The zero-order valence-electron chi connectivity index (χ0n) is 14.2. The number of hydrogen-bond donors (Lipinski definition) is 1. The molecule has 24 heavy (non-hydrogen) atoms. The van der Waals surface area contributed by atoms with Crippen LogP contribution in [0.5, 0.6) is 11.9 Å². The maximum Gasteiger partial charge on any atom is 0.320 e. The SMILES string of the molecule is C=C1CN2CC(=C)CC2(COc2nc3c(c(OC)n2)CCNC3)C1. The van der Waals surface area contributed by atoms with E-state index in [4.69, 9.17) is 9.47 Å². The number of methoxy groups -OCH3 is 1. The van der Waals surface area contributed by atoms with Gasteiger partial charge in [-0.1, -0.05) is 24.3 Å². The lowest BCUT2D eigenvalue weighted by molar-refractivity contribution is 0.106. The second-order valence-corrected chi connectivity index (χ2v) is 7.09. The first kappa shape index (κ1) is 15.6. The van der Waals surface area contributed by atoms with Gasteiger partial charge >= 0.3 is 6.01 Å². The summed E-state index contributed by atoms with van der Waals surface area (Å²) in [6, 6.07) is 0.402. The molecule has 3 aliphatic rings. The fourth-order valence-corrected chi connectivity index (χ4v) is 4.19. The quantitative estimate of drug-likeness (QED) is 0.845. The van der Waals surface area contributed by atoms with Crippen LogP contribution in [0, 0.1) is 0 Å². The van der Waals surface area contributed by atoms with Gasteiger partial charge in [-0.25, -0.2) is 0 Å². The lowest BCUT2D eigenvalue weighted by Gasteiger charge is -2.30. The molecule has 2 saturated heterocycles. The first-order chi connectivity index (χ1) is 11.6. The molecule has 1 N–H and O–H groups in total. The van der Waals surface area contributed by atoms with Crippen LogP contribution in [-0.4, -0.2) is 53.8 Å². The average molecular weight is 328 g/mol. The second-order valence-electron chi connectivity index (χ2n) is 7.09. The van der Waals surface area contributed by atoms with E-state index < -0.39 is 0 Å². The molecule has 6 nitrogen and oxygen atoms in total. The van der Waals surface area contributed by atoms with Crippen LogP contribution in [0.4, 0.5) is 0 Å². The van der Waals surface area contributed by atoms with E-state index >= 15 is 0 Å². The Bertz CT molecular complexity index is 663. The molecule has 0 radical (unpaired) electrons. The topological polar surface area (TPSA) is 59.5 Å². The van der Waals surface area contributed by atoms with E-state index in [2.05, 4.69) is 33.3 Å². The average Bonchev–Trinajstić information content (AvgIpc) is 3.02. The third-order valence-electron chi connectivity index (χ3n) is 5.20. The summed E-state index contributed by atoms with van der Waals surface area (Å²) in [6.45, 7) is 12.4. The standard InChI is InChI=1S/C18H24N4O2/c1-12-6-18(7-13(2)10-22(18)9-12)11-24-17-20-15-8-19-5-4-14(15)16(21-17)23-3/h19H,1-2,4-11H2,3H3. The van der Waals surface area contributed by atoms with E-state index in [1.165, 1.54) is 11.1 Å². The van der Waals surface area contributed by atoms with Gasteiger partial charge in [0.15, 0.2) is 0 Å². The molecule has 6 heteroatoms. The monoisotopic (exact) mass is 328 g/mol. The van der Waals surface area contributed by atoms with Crippen molar-refractivity contribution < 1.29 is 9.47 Å². The van der Waals surface area contributed by atoms with E-state index in [1.54, 1.807) is 7.11 Å². The minimum Gasteiger partial charge on any atom is -0.481 e. The molecule has 0 saturated carbocycles. The predicted octanol–water partition coefficient (Wildman–Crippen LogP) is 1.47. The van der Waals surface area contributed by atoms with Gasteiger partial charge in [-0.05, 0) is 25.8 Å². The van der Waals surface area contributed by atoms with Gasteiger partial charge in [-0.15, -0.1) is 0 Å². The van der Waals surface area contributed by atoms with Crippen molar-refractivity contribution in [2.45, 2.75) is 31.3 Å². The maximum absolute atomic E-state index is 6.05. The summed E-state index contributed by atoms with van der Waals surface area (Å²) in [5.41, 5.74) is 4.56. The van der Waals surface area contributed by atoms with Gasteiger partial charge in [0.2, 0.25) is 5.88 Å². The van der Waals surface area contributed by atoms with Crippen LogP contribution in [0.15, 0.2) is 24.3 Å². The Hall–Kier alpha value is -1.92. The molecule has 0 spiro atoms. The minimum atomic E-state index is -0.0289. The highest BCUT2D eigenvalue weighted by atomic mass is 16.5. The molecular formula is C18H24N4O2. The summed E-state index contributed by atoms with van der Waals surface area (Å²) in [7, 11) is 1.65. The fourth-order valence-electron chi connectivity index (χ4n) is 4.19. The summed E-state index contributed by atoms with van der Waals surface area (Å²) in [4.78, 5) is 11.5. The molecule has 0 atom stereocenters. The normalized spacial score (nSPS) is 22.4. The molecule has 4 heterocycles. The van der Waals surface area contributed by atoms with E-state index in [-0.39, 0.29) is 5.54 Å². The highest BCUT2D eigenvalue weighted by molar-refractivity contribution is 5.34. The summed E-state index contributed by atoms with van der Waals surface area (Å²) < 4.78 is 11.5. The molecule has 1 aromatic heterocycles. The molecule has 0 aromatic carbocycles. The second kappa shape index (κ2) is 5.86. The van der Waals surface area contributed by atoms with Crippen molar-refractivity contribution in [2.75, 3.05) is 33.4 Å². The fraction of sp³-hybridized carbons (Fsp3) is 0.556. The summed E-state index contributed by atoms with van der Waals surface area (Å²) in [6.07, 6.45) is 2.79. The van der Waals surface area contributed by atoms with Crippen molar-refractivity contribution in [1.29, 1.82) is 0 Å². The largest absolute Gasteiger partial charge is 0.481 e. The Morgan fingerprint density at radius 2 is 1.96 bits per heavy atom. The molecule has 0 amide bonds. The predicted molar refractivity (Wildman–Crippen MR) is 91.3 cm³/mol. The number of hydrogen-bond acceptors (Lipinski definition) is 6. The van der Waals surface area contributed by atoms with Crippen LogP contribution in [0.1, 0.15) is 24.1 Å². The molecule has 0 aliphatic carbocycles. The number of rotatable bonds is 4. The highest BCUT2D eigenvalue weighted by Crippen LogP contribution is 2.42. The van der Waals surface area contributed by atoms with Crippen LogP contribution in [-0.2, 0) is 13.0 Å². The zero-order chi connectivity index (χ0) is 16.7. The number of fused-ring (bicyclic) bond motifs is 2. The van der Waals surface area contributed by atoms with Gasteiger partial charge in [0.1, 0.15) is 6.61 Å². The zero-order valence-corrected chi connectivity index (χ0v) is 14.2. The molecule has 0 unspecified atom stereocenters. The first-order valence-corrected chi connectivity index (χ1v) is 8.45. The molecule has 128 valence electrons. The van der Waals surface area contributed by atoms with E-state index in [0.717, 1.165) is 56.7 Å². The van der Waals surface area contributed by atoms with Gasteiger partial charge < -0.3 is 14.8 Å². The van der Waals surface area contributed by atoms with Crippen molar-refractivity contribution in [3.8, 4) is 11.9 Å². The molecule has 3 aliphatic heterocycles. The molecule has 1 aromatic rings. The Kier molecular flexibility index (Phi) is 3.81. The van der Waals surface area contributed by atoms with Crippen molar-refractivity contribution in [3.63, 3.8) is 0 Å². The summed E-state index contributed by atoms with van der Waals surface area (Å²) in [5.74, 6) is 0.637. The van der Waals surface area contributed by atoms with E-state index in [1.807, 2.05) is 0 Å². The Morgan fingerprint density at radius 3 is 2.67 bits per heavy atom. The molecule has 4 rings (SSSR count). The van der Waals surface area contributed by atoms with Crippen molar-refractivity contribution in [3.05, 3.63) is 35.6 Å². The van der Waals surface area contributed by atoms with Gasteiger partial charge in [-0.2, -0.15) is 9.97 Å². The van der Waals surface area contributed by atoms with E-state index in [9.17, 15) is 0 Å². The third kappa shape index (κ3) is 2.59. The summed E-state index contributed by atoms with van der Waals surface area (Å²) in [5, 5.41) is 3.33. The van der Waals surface area contributed by atoms with Gasteiger partial charge in [0, 0.05) is 25.2 Å². The van der Waals surface area contributed by atoms with Gasteiger partial charge in [0.05, 0.1) is 18.3 Å². The molecule has 2 fully saturated rings. The third-order valence-corrected chi connectivity index (χ3v) is 5.20.